The number of fused-ring (bicyclic) bond motifs is 5. The van der Waals surface area contributed by atoms with Crippen LogP contribution in [0.2, 0.25) is 0 Å². The minimum absolute atomic E-state index is 0.415. The van der Waals surface area contributed by atoms with Crippen LogP contribution in [0.1, 0.15) is 39.0 Å². The first-order valence-electron chi connectivity index (χ1n) is 7.18. The van der Waals surface area contributed by atoms with Gasteiger partial charge in [0.15, 0.2) is 0 Å². The molecule has 0 spiro atoms. The Morgan fingerprint density at radius 1 is 1.06 bits per heavy atom. The lowest BCUT2D eigenvalue weighted by Gasteiger charge is -2.23. The molecule has 4 N–H and O–H groups in total. The molecule has 0 aromatic carbocycles. The summed E-state index contributed by atoms with van der Waals surface area (Å²) in [4.78, 5) is 0. The Morgan fingerprint density at radius 3 is 2.06 bits per heavy atom. The predicted molar refractivity (Wildman–Crippen MR) is 66.7 cm³/mol. The zero-order valence-corrected chi connectivity index (χ0v) is 10.4. The van der Waals surface area contributed by atoms with Gasteiger partial charge in [-0.1, -0.05) is 0 Å². The first-order valence-corrected chi connectivity index (χ1v) is 7.18. The van der Waals surface area contributed by atoms with Crippen molar-refractivity contribution in [3.8, 4) is 0 Å². The van der Waals surface area contributed by atoms with Crippen LogP contribution in [0.15, 0.2) is 0 Å². The molecule has 2 bridgehead atoms. The molecule has 3 aliphatic carbocycles. The Balaban J connectivity index is 1.73. The summed E-state index contributed by atoms with van der Waals surface area (Å²) in [6.07, 6.45) is 7.10. The molecule has 0 aliphatic heterocycles. The lowest BCUT2D eigenvalue weighted by atomic mass is 9.82. The highest BCUT2D eigenvalue weighted by atomic mass is 14.7. The van der Waals surface area contributed by atoms with Gasteiger partial charge >= 0.3 is 0 Å². The fourth-order valence-electron chi connectivity index (χ4n) is 5.37. The van der Waals surface area contributed by atoms with Crippen LogP contribution in [0.25, 0.3) is 0 Å². The van der Waals surface area contributed by atoms with Crippen molar-refractivity contribution in [2.24, 2.45) is 47.0 Å². The second kappa shape index (κ2) is 3.99. The van der Waals surface area contributed by atoms with E-state index in [4.69, 9.17) is 11.5 Å². The van der Waals surface area contributed by atoms with Crippen molar-refractivity contribution < 1.29 is 0 Å². The molecule has 0 aromatic rings. The Labute approximate surface area is 99.1 Å². The summed E-state index contributed by atoms with van der Waals surface area (Å²) in [5, 5.41) is 0. The summed E-state index contributed by atoms with van der Waals surface area (Å²) in [5.74, 6) is 5.87. The zero-order chi connectivity index (χ0) is 11.3. The van der Waals surface area contributed by atoms with E-state index in [0.717, 1.165) is 42.1 Å². The standard InChI is InChI=1S/C14H26N2/c1-8(16)9-6-13-10-2-3-11(14(13)7-9)12(10)4-5-15/h8-14H,2-7,15-16H2,1H3. The van der Waals surface area contributed by atoms with Gasteiger partial charge < -0.3 is 11.5 Å². The normalized spacial score (nSPS) is 51.9. The smallest absolute Gasteiger partial charge is 0.00389 e. The van der Waals surface area contributed by atoms with Crippen LogP contribution in [-0.2, 0) is 0 Å². The maximum absolute atomic E-state index is 6.09. The van der Waals surface area contributed by atoms with Crippen molar-refractivity contribution in [2.75, 3.05) is 6.54 Å². The van der Waals surface area contributed by atoms with E-state index >= 15 is 0 Å². The number of rotatable bonds is 3. The molecule has 0 amide bonds. The highest BCUT2D eigenvalue weighted by molar-refractivity contribution is 5.06. The maximum atomic E-state index is 6.09. The summed E-state index contributed by atoms with van der Waals surface area (Å²) in [7, 11) is 0. The fourth-order valence-corrected chi connectivity index (χ4v) is 5.37. The van der Waals surface area contributed by atoms with Crippen molar-refractivity contribution in [2.45, 2.75) is 45.1 Å². The van der Waals surface area contributed by atoms with E-state index in [0.29, 0.717) is 6.04 Å². The Morgan fingerprint density at radius 2 is 1.62 bits per heavy atom. The van der Waals surface area contributed by atoms with Crippen molar-refractivity contribution >= 4 is 0 Å². The van der Waals surface area contributed by atoms with E-state index in [2.05, 4.69) is 6.92 Å². The first kappa shape index (κ1) is 11.0. The molecule has 2 heteroatoms. The summed E-state index contributed by atoms with van der Waals surface area (Å²) in [6.45, 7) is 3.10. The van der Waals surface area contributed by atoms with Crippen molar-refractivity contribution in [1.82, 2.24) is 0 Å². The monoisotopic (exact) mass is 222 g/mol. The van der Waals surface area contributed by atoms with Crippen molar-refractivity contribution in [1.29, 1.82) is 0 Å². The van der Waals surface area contributed by atoms with Gasteiger partial charge in [0, 0.05) is 6.04 Å². The number of hydrogen-bond acceptors (Lipinski definition) is 2. The molecule has 0 saturated heterocycles. The summed E-state index contributed by atoms with van der Waals surface area (Å²) in [5.41, 5.74) is 11.9. The van der Waals surface area contributed by atoms with Crippen LogP contribution < -0.4 is 11.5 Å². The second-order valence-electron chi connectivity index (χ2n) is 6.56. The fraction of sp³-hybridized carbons (Fsp3) is 1.00. The van der Waals surface area contributed by atoms with Crippen LogP contribution >= 0.6 is 0 Å². The molecule has 0 aromatic heterocycles. The van der Waals surface area contributed by atoms with Crippen molar-refractivity contribution in [3.05, 3.63) is 0 Å². The van der Waals surface area contributed by atoms with E-state index in [9.17, 15) is 0 Å². The van der Waals surface area contributed by atoms with Gasteiger partial charge in [-0.2, -0.15) is 0 Å². The average Bonchev–Trinajstić information content (AvgIpc) is 2.87. The summed E-state index contributed by atoms with van der Waals surface area (Å²) in [6, 6.07) is 0.415. The predicted octanol–water partition coefficient (Wildman–Crippen LogP) is 1.98. The SMILES string of the molecule is CC(N)C1CC2C3CCC(C3CCN)C2C1. The largest absolute Gasteiger partial charge is 0.330 e. The van der Waals surface area contributed by atoms with Gasteiger partial charge in [-0.05, 0) is 81.1 Å². The third-order valence-corrected chi connectivity index (χ3v) is 5.98. The van der Waals surface area contributed by atoms with E-state index in [1.807, 2.05) is 0 Å². The maximum Gasteiger partial charge on any atom is 0.00389 e. The van der Waals surface area contributed by atoms with Gasteiger partial charge in [0.05, 0.1) is 0 Å². The van der Waals surface area contributed by atoms with Gasteiger partial charge in [0.1, 0.15) is 0 Å². The molecule has 0 heterocycles. The van der Waals surface area contributed by atoms with Crippen LogP contribution in [-0.4, -0.2) is 12.6 Å². The summed E-state index contributed by atoms with van der Waals surface area (Å²) >= 11 is 0. The number of hydrogen-bond donors (Lipinski definition) is 2. The minimum atomic E-state index is 0.415. The topological polar surface area (TPSA) is 52.0 Å². The summed E-state index contributed by atoms with van der Waals surface area (Å²) < 4.78 is 0. The molecular weight excluding hydrogens is 196 g/mol. The van der Waals surface area contributed by atoms with Crippen LogP contribution in [0.5, 0.6) is 0 Å². The highest BCUT2D eigenvalue weighted by Gasteiger charge is 2.57. The van der Waals surface area contributed by atoms with Crippen molar-refractivity contribution in [3.63, 3.8) is 0 Å². The third-order valence-electron chi connectivity index (χ3n) is 5.98. The van der Waals surface area contributed by atoms with E-state index in [1.54, 1.807) is 0 Å². The molecule has 3 fully saturated rings. The van der Waals surface area contributed by atoms with Gasteiger partial charge in [-0.15, -0.1) is 0 Å². The van der Waals surface area contributed by atoms with Crippen LogP contribution in [0.4, 0.5) is 0 Å². The molecule has 92 valence electrons. The average molecular weight is 222 g/mol. The molecule has 2 nitrogen and oxygen atoms in total. The Kier molecular flexibility index (Phi) is 2.75. The highest BCUT2D eigenvalue weighted by Crippen LogP contribution is 2.63. The van der Waals surface area contributed by atoms with Gasteiger partial charge in [-0.25, -0.2) is 0 Å². The van der Waals surface area contributed by atoms with E-state index in [-0.39, 0.29) is 0 Å². The molecule has 16 heavy (non-hydrogen) atoms. The quantitative estimate of drug-likeness (QED) is 0.767. The van der Waals surface area contributed by atoms with Gasteiger partial charge in [0.25, 0.3) is 0 Å². The van der Waals surface area contributed by atoms with Gasteiger partial charge in [-0.3, -0.25) is 0 Å². The Hall–Kier alpha value is -0.0800. The van der Waals surface area contributed by atoms with E-state index < -0.39 is 0 Å². The Bertz CT molecular complexity index is 243. The molecular formula is C14H26N2. The zero-order valence-electron chi connectivity index (χ0n) is 10.4. The molecule has 3 saturated carbocycles. The lowest BCUT2D eigenvalue weighted by Crippen LogP contribution is -2.26. The van der Waals surface area contributed by atoms with Crippen LogP contribution in [0, 0.1) is 35.5 Å². The molecule has 3 aliphatic rings. The van der Waals surface area contributed by atoms with Gasteiger partial charge in [0.2, 0.25) is 0 Å². The first-order chi connectivity index (χ1) is 7.72. The third kappa shape index (κ3) is 1.46. The molecule has 0 radical (unpaired) electrons. The lowest BCUT2D eigenvalue weighted by molar-refractivity contribution is 0.259. The minimum Gasteiger partial charge on any atom is -0.330 e. The second-order valence-corrected chi connectivity index (χ2v) is 6.56. The molecule has 5 unspecified atom stereocenters. The van der Waals surface area contributed by atoms with E-state index in [1.165, 1.54) is 32.1 Å². The molecule has 5 atom stereocenters. The number of nitrogens with two attached hydrogens (primary N) is 2. The molecule has 3 rings (SSSR count). The van der Waals surface area contributed by atoms with Crippen LogP contribution in [0.3, 0.4) is 0 Å².